The Bertz CT molecular complexity index is 364. The van der Waals surface area contributed by atoms with Crippen LogP contribution in [0.25, 0.3) is 6.08 Å². The van der Waals surface area contributed by atoms with Crippen molar-refractivity contribution < 1.29 is 5.11 Å². The van der Waals surface area contributed by atoms with Crippen LogP contribution in [0, 0.1) is 6.92 Å². The SMILES string of the molecule is [CH2]C(CO)c1cccc(C=C)c1C1CC1. The number of hydrogen-bond acceptors (Lipinski definition) is 1. The summed E-state index contributed by atoms with van der Waals surface area (Å²) in [6.07, 6.45) is 4.42. The van der Waals surface area contributed by atoms with Crippen molar-refractivity contribution in [3.8, 4) is 0 Å². The van der Waals surface area contributed by atoms with E-state index in [0.717, 1.165) is 0 Å². The zero-order valence-electron chi connectivity index (χ0n) is 8.95. The summed E-state index contributed by atoms with van der Waals surface area (Å²) in [4.78, 5) is 0. The molecule has 1 aliphatic rings. The van der Waals surface area contributed by atoms with E-state index < -0.39 is 0 Å². The van der Waals surface area contributed by atoms with Gasteiger partial charge in [-0.15, -0.1) is 0 Å². The molecule has 1 unspecified atom stereocenters. The minimum absolute atomic E-state index is 0.0134. The van der Waals surface area contributed by atoms with Gasteiger partial charge >= 0.3 is 0 Å². The van der Waals surface area contributed by atoms with Gasteiger partial charge in [0.1, 0.15) is 0 Å². The zero-order chi connectivity index (χ0) is 10.8. The highest BCUT2D eigenvalue weighted by Gasteiger charge is 2.28. The average Bonchev–Trinajstić information content (AvgIpc) is 3.10. The summed E-state index contributed by atoms with van der Waals surface area (Å²) in [5.74, 6) is 0.658. The van der Waals surface area contributed by atoms with Crippen LogP contribution in [-0.4, -0.2) is 11.7 Å². The van der Waals surface area contributed by atoms with Gasteiger partial charge < -0.3 is 5.11 Å². The Morgan fingerprint density at radius 2 is 2.20 bits per heavy atom. The third-order valence-corrected chi connectivity index (χ3v) is 3.04. The van der Waals surface area contributed by atoms with E-state index in [9.17, 15) is 5.11 Å². The molecule has 0 amide bonds. The molecular weight excluding hydrogens is 184 g/mol. The predicted molar refractivity (Wildman–Crippen MR) is 63.7 cm³/mol. The van der Waals surface area contributed by atoms with Crippen molar-refractivity contribution in [2.45, 2.75) is 24.7 Å². The summed E-state index contributed by atoms with van der Waals surface area (Å²) < 4.78 is 0. The molecule has 0 aliphatic heterocycles. The molecule has 2 rings (SSSR count). The molecule has 79 valence electrons. The Morgan fingerprint density at radius 1 is 1.47 bits per heavy atom. The van der Waals surface area contributed by atoms with Gasteiger partial charge in [-0.2, -0.15) is 0 Å². The van der Waals surface area contributed by atoms with Crippen molar-refractivity contribution in [1.82, 2.24) is 0 Å². The van der Waals surface area contributed by atoms with Gasteiger partial charge in [0.2, 0.25) is 0 Å². The van der Waals surface area contributed by atoms with Gasteiger partial charge in [0.25, 0.3) is 0 Å². The van der Waals surface area contributed by atoms with E-state index in [2.05, 4.69) is 25.6 Å². The zero-order valence-corrected chi connectivity index (χ0v) is 8.95. The molecule has 0 saturated heterocycles. The smallest absolute Gasteiger partial charge is 0.0499 e. The molecular formula is C14H17O. The maximum absolute atomic E-state index is 9.19. The quantitative estimate of drug-likeness (QED) is 0.793. The Balaban J connectivity index is 2.47. The first-order valence-corrected chi connectivity index (χ1v) is 5.47. The van der Waals surface area contributed by atoms with Gasteiger partial charge in [-0.3, -0.25) is 0 Å². The molecule has 1 aromatic carbocycles. The van der Waals surface area contributed by atoms with E-state index in [4.69, 9.17) is 0 Å². The summed E-state index contributed by atoms with van der Waals surface area (Å²) >= 11 is 0. The van der Waals surface area contributed by atoms with Crippen LogP contribution in [0.1, 0.15) is 41.4 Å². The van der Waals surface area contributed by atoms with Crippen LogP contribution in [0.5, 0.6) is 0 Å². The van der Waals surface area contributed by atoms with Crippen LogP contribution in [0.3, 0.4) is 0 Å². The third-order valence-electron chi connectivity index (χ3n) is 3.04. The average molecular weight is 201 g/mol. The molecule has 0 spiro atoms. The highest BCUT2D eigenvalue weighted by atomic mass is 16.3. The Morgan fingerprint density at radius 3 is 2.73 bits per heavy atom. The molecule has 1 fully saturated rings. The monoisotopic (exact) mass is 201 g/mol. The van der Waals surface area contributed by atoms with Gasteiger partial charge in [-0.1, -0.05) is 30.9 Å². The molecule has 1 aromatic rings. The topological polar surface area (TPSA) is 20.2 Å². The molecule has 1 saturated carbocycles. The number of aliphatic hydroxyl groups excluding tert-OH is 1. The fraction of sp³-hybridized carbons (Fsp3) is 0.357. The lowest BCUT2D eigenvalue weighted by atomic mass is 9.90. The molecule has 0 heterocycles. The van der Waals surface area contributed by atoms with Crippen molar-refractivity contribution in [2.24, 2.45) is 0 Å². The number of hydrogen-bond donors (Lipinski definition) is 1. The number of rotatable bonds is 4. The van der Waals surface area contributed by atoms with Crippen LogP contribution in [0.15, 0.2) is 24.8 Å². The summed E-state index contributed by atoms with van der Waals surface area (Å²) in [6.45, 7) is 7.95. The van der Waals surface area contributed by atoms with E-state index >= 15 is 0 Å². The molecule has 1 atom stereocenters. The molecule has 1 aliphatic carbocycles. The van der Waals surface area contributed by atoms with Crippen molar-refractivity contribution in [2.75, 3.05) is 6.61 Å². The van der Waals surface area contributed by atoms with E-state index in [1.807, 2.05) is 12.1 Å². The minimum atomic E-state index is -0.0134. The van der Waals surface area contributed by atoms with Crippen molar-refractivity contribution in [1.29, 1.82) is 0 Å². The summed E-state index contributed by atoms with van der Waals surface area (Å²) in [6, 6.07) is 6.19. The lowest BCUT2D eigenvalue weighted by Gasteiger charge is -2.16. The van der Waals surface area contributed by atoms with Crippen LogP contribution in [-0.2, 0) is 0 Å². The lowest BCUT2D eigenvalue weighted by Crippen LogP contribution is -2.04. The lowest BCUT2D eigenvalue weighted by molar-refractivity contribution is 0.282. The summed E-state index contributed by atoms with van der Waals surface area (Å²) in [7, 11) is 0. The van der Waals surface area contributed by atoms with Crippen LogP contribution in [0.4, 0.5) is 0 Å². The molecule has 0 aromatic heterocycles. The molecule has 1 nitrogen and oxygen atoms in total. The van der Waals surface area contributed by atoms with Crippen molar-refractivity contribution in [3.63, 3.8) is 0 Å². The Hall–Kier alpha value is -1.08. The molecule has 0 bridgehead atoms. The molecule has 1 N–H and O–H groups in total. The maximum atomic E-state index is 9.19. The highest BCUT2D eigenvalue weighted by molar-refractivity contribution is 5.57. The Kier molecular flexibility index (Phi) is 2.92. The van der Waals surface area contributed by atoms with Crippen molar-refractivity contribution in [3.05, 3.63) is 48.4 Å². The fourth-order valence-electron chi connectivity index (χ4n) is 2.08. The molecule has 15 heavy (non-hydrogen) atoms. The fourth-order valence-corrected chi connectivity index (χ4v) is 2.08. The van der Waals surface area contributed by atoms with Gasteiger partial charge in [0.15, 0.2) is 0 Å². The Labute approximate surface area is 91.4 Å². The van der Waals surface area contributed by atoms with E-state index in [1.54, 1.807) is 0 Å². The van der Waals surface area contributed by atoms with Gasteiger partial charge in [0, 0.05) is 12.5 Å². The van der Waals surface area contributed by atoms with Crippen LogP contribution < -0.4 is 0 Å². The first kappa shape index (κ1) is 10.4. The van der Waals surface area contributed by atoms with Crippen LogP contribution in [0.2, 0.25) is 0 Å². The van der Waals surface area contributed by atoms with E-state index in [0.29, 0.717) is 5.92 Å². The molecule has 1 heteroatoms. The van der Waals surface area contributed by atoms with E-state index in [1.165, 1.54) is 29.5 Å². The summed E-state index contributed by atoms with van der Waals surface area (Å²) in [5.41, 5.74) is 3.76. The third kappa shape index (κ3) is 1.98. The van der Waals surface area contributed by atoms with Crippen LogP contribution >= 0.6 is 0 Å². The van der Waals surface area contributed by atoms with E-state index in [-0.39, 0.29) is 12.5 Å². The van der Waals surface area contributed by atoms with Gasteiger partial charge in [-0.25, -0.2) is 0 Å². The first-order valence-electron chi connectivity index (χ1n) is 5.47. The van der Waals surface area contributed by atoms with Crippen molar-refractivity contribution >= 4 is 6.08 Å². The minimum Gasteiger partial charge on any atom is -0.396 e. The number of benzene rings is 1. The summed E-state index contributed by atoms with van der Waals surface area (Å²) in [5, 5.41) is 9.19. The largest absolute Gasteiger partial charge is 0.396 e. The first-order chi connectivity index (χ1) is 7.27. The number of aliphatic hydroxyl groups is 1. The molecule has 1 radical (unpaired) electrons. The maximum Gasteiger partial charge on any atom is 0.0499 e. The highest BCUT2D eigenvalue weighted by Crippen LogP contribution is 2.45. The second-order valence-electron chi connectivity index (χ2n) is 4.21. The normalized spacial score (nSPS) is 17.5. The standard InChI is InChI=1S/C14H17O/c1-3-11-5-4-6-13(10(2)9-15)14(11)12-7-8-12/h3-6,10,12,15H,1-2,7-9H2. The van der Waals surface area contributed by atoms with Gasteiger partial charge in [0.05, 0.1) is 0 Å². The predicted octanol–water partition coefficient (Wildman–Crippen LogP) is 3.12. The van der Waals surface area contributed by atoms with Gasteiger partial charge in [-0.05, 0) is 42.4 Å². The second-order valence-corrected chi connectivity index (χ2v) is 4.21. The second kappa shape index (κ2) is 4.19.